The summed E-state index contributed by atoms with van der Waals surface area (Å²) in [4.78, 5) is 14.5. The summed E-state index contributed by atoms with van der Waals surface area (Å²) in [7, 11) is 0. The summed E-state index contributed by atoms with van der Waals surface area (Å²) in [5, 5.41) is 2.45. The maximum atomic E-state index is 5.19. The molecule has 1 aliphatic rings. The first-order valence-electron chi connectivity index (χ1n) is 13.4. The number of hydrogen-bond donors (Lipinski definition) is 0. The Morgan fingerprint density at radius 1 is 0.375 bits per heavy atom. The van der Waals surface area contributed by atoms with E-state index in [4.69, 9.17) is 9.97 Å². The van der Waals surface area contributed by atoms with Crippen molar-refractivity contribution in [2.45, 2.75) is 0 Å². The Morgan fingerprint density at radius 2 is 0.975 bits per heavy atom. The number of benzene rings is 5. The summed E-state index contributed by atoms with van der Waals surface area (Å²) >= 11 is 0. The van der Waals surface area contributed by atoms with Crippen LogP contribution in [-0.4, -0.2) is 15.0 Å². The highest BCUT2D eigenvalue weighted by molar-refractivity contribution is 6.18. The average Bonchev–Trinajstić information content (AvgIpc) is 3.37. The van der Waals surface area contributed by atoms with Gasteiger partial charge in [-0.1, -0.05) is 97.1 Å². The van der Waals surface area contributed by atoms with Crippen molar-refractivity contribution in [2.75, 3.05) is 0 Å². The molecule has 0 saturated carbocycles. The van der Waals surface area contributed by atoms with Crippen LogP contribution in [0.1, 0.15) is 0 Å². The molecule has 0 unspecified atom stereocenters. The van der Waals surface area contributed by atoms with Gasteiger partial charge in [-0.25, -0.2) is 9.97 Å². The number of hydrogen-bond acceptors (Lipinski definition) is 3. The van der Waals surface area contributed by atoms with E-state index < -0.39 is 0 Å². The summed E-state index contributed by atoms with van der Waals surface area (Å²) in [5.74, 6) is 0.727. The number of nitrogens with zero attached hydrogens (tertiary/aromatic N) is 3. The first-order valence-corrected chi connectivity index (χ1v) is 13.4. The summed E-state index contributed by atoms with van der Waals surface area (Å²) < 4.78 is 0. The van der Waals surface area contributed by atoms with E-state index in [0.29, 0.717) is 0 Å². The van der Waals surface area contributed by atoms with Crippen LogP contribution in [0.2, 0.25) is 0 Å². The van der Waals surface area contributed by atoms with Gasteiger partial charge < -0.3 is 0 Å². The second kappa shape index (κ2) is 9.11. The van der Waals surface area contributed by atoms with Crippen molar-refractivity contribution in [1.82, 2.24) is 15.0 Å². The molecule has 5 aromatic carbocycles. The maximum absolute atomic E-state index is 5.19. The first kappa shape index (κ1) is 22.6. The molecule has 0 fully saturated rings. The fourth-order valence-electron chi connectivity index (χ4n) is 5.88. The smallest absolute Gasteiger partial charge is 0.161 e. The number of aromatic nitrogens is 3. The van der Waals surface area contributed by atoms with E-state index in [0.717, 1.165) is 45.0 Å². The molecule has 1 aliphatic carbocycles. The van der Waals surface area contributed by atoms with Crippen molar-refractivity contribution in [3.63, 3.8) is 0 Å². The van der Waals surface area contributed by atoms with Crippen LogP contribution in [0.4, 0.5) is 0 Å². The third-order valence-corrected chi connectivity index (χ3v) is 7.76. The van der Waals surface area contributed by atoms with Crippen molar-refractivity contribution in [2.24, 2.45) is 0 Å². The van der Waals surface area contributed by atoms with Gasteiger partial charge >= 0.3 is 0 Å². The first-order chi connectivity index (χ1) is 19.8. The van der Waals surface area contributed by atoms with E-state index in [2.05, 4.69) is 114 Å². The minimum atomic E-state index is 0.727. The van der Waals surface area contributed by atoms with Gasteiger partial charge in [-0.15, -0.1) is 0 Å². The number of rotatable bonds is 4. The molecule has 0 bridgehead atoms. The van der Waals surface area contributed by atoms with Crippen LogP contribution in [0.25, 0.3) is 78.1 Å². The molecule has 0 aliphatic heterocycles. The lowest BCUT2D eigenvalue weighted by Gasteiger charge is -2.13. The third-order valence-electron chi connectivity index (χ3n) is 7.76. The van der Waals surface area contributed by atoms with Crippen molar-refractivity contribution < 1.29 is 0 Å². The minimum absolute atomic E-state index is 0.727. The van der Waals surface area contributed by atoms with Gasteiger partial charge in [-0.3, -0.25) is 4.98 Å². The van der Waals surface area contributed by atoms with Gasteiger partial charge in [0.2, 0.25) is 0 Å². The highest BCUT2D eigenvalue weighted by Gasteiger charge is 2.23. The van der Waals surface area contributed by atoms with Crippen LogP contribution in [-0.2, 0) is 0 Å². The molecule has 8 rings (SSSR count). The monoisotopic (exact) mass is 509 g/mol. The normalized spacial score (nSPS) is 11.5. The summed E-state index contributed by atoms with van der Waals surface area (Å²) in [6, 6.07) is 44.7. The second-order valence-electron chi connectivity index (χ2n) is 10.1. The largest absolute Gasteiger partial charge is 0.265 e. The van der Waals surface area contributed by atoms with Gasteiger partial charge in [0, 0.05) is 29.1 Å². The average molecular weight is 510 g/mol. The molecule has 0 atom stereocenters. The quantitative estimate of drug-likeness (QED) is 0.237. The van der Waals surface area contributed by atoms with Gasteiger partial charge in [0.15, 0.2) is 5.82 Å². The molecule has 7 aromatic rings. The second-order valence-corrected chi connectivity index (χ2v) is 10.1. The van der Waals surface area contributed by atoms with E-state index in [1.165, 1.54) is 33.0 Å². The van der Waals surface area contributed by atoms with Gasteiger partial charge in [-0.2, -0.15) is 0 Å². The molecule has 2 aromatic heterocycles. The molecule has 3 heteroatoms. The zero-order chi connectivity index (χ0) is 26.5. The Hall–Kier alpha value is -5.41. The van der Waals surface area contributed by atoms with E-state index in [1.807, 2.05) is 30.6 Å². The van der Waals surface area contributed by atoms with E-state index in [9.17, 15) is 0 Å². The SMILES string of the molecule is c1ccc(-c2cc(-c3cccc(-c4ccncc4)c3)nc(-c3ccc4c5c(cccc35)-c3ccccc3-4)n2)cc1. The minimum Gasteiger partial charge on any atom is -0.265 e. The summed E-state index contributed by atoms with van der Waals surface area (Å²) in [5.41, 5.74) is 12.3. The highest BCUT2D eigenvalue weighted by atomic mass is 14.9. The van der Waals surface area contributed by atoms with E-state index >= 15 is 0 Å². The zero-order valence-electron chi connectivity index (χ0n) is 21.6. The zero-order valence-corrected chi connectivity index (χ0v) is 21.6. The van der Waals surface area contributed by atoms with Crippen LogP contribution in [0.3, 0.4) is 0 Å². The van der Waals surface area contributed by atoms with Crippen molar-refractivity contribution >= 4 is 10.8 Å². The standard InChI is InChI=1S/C37H23N3/c1-2-8-25(9-3-1)34-23-35(27-11-6-10-26(22-27)24-18-20-38-21-19-24)40-37(39-34)33-17-16-32-29-13-5-4-12-28(29)30-14-7-15-31(33)36(30)32/h1-23H. The third kappa shape index (κ3) is 3.63. The topological polar surface area (TPSA) is 38.7 Å². The Bertz CT molecular complexity index is 2020. The Morgan fingerprint density at radius 3 is 1.77 bits per heavy atom. The van der Waals surface area contributed by atoms with Crippen molar-refractivity contribution in [1.29, 1.82) is 0 Å². The predicted octanol–water partition coefficient (Wildman–Crippen LogP) is 9.34. The van der Waals surface area contributed by atoms with Crippen LogP contribution in [0.5, 0.6) is 0 Å². The highest BCUT2D eigenvalue weighted by Crippen LogP contribution is 2.49. The molecular formula is C37H23N3. The van der Waals surface area contributed by atoms with Gasteiger partial charge in [0.1, 0.15) is 0 Å². The lowest BCUT2D eigenvalue weighted by molar-refractivity contribution is 1.19. The van der Waals surface area contributed by atoms with Crippen molar-refractivity contribution in [3.05, 3.63) is 140 Å². The fourth-order valence-corrected chi connectivity index (χ4v) is 5.88. The van der Waals surface area contributed by atoms with Crippen LogP contribution in [0.15, 0.2) is 140 Å². The molecule has 3 nitrogen and oxygen atoms in total. The lowest BCUT2D eigenvalue weighted by atomic mass is 9.97. The molecule has 0 amide bonds. The molecule has 0 radical (unpaired) electrons. The molecule has 186 valence electrons. The summed E-state index contributed by atoms with van der Waals surface area (Å²) in [6.45, 7) is 0. The molecule has 2 heterocycles. The van der Waals surface area contributed by atoms with E-state index in [1.54, 1.807) is 0 Å². The number of fused-ring (bicyclic) bond motifs is 3. The lowest BCUT2D eigenvalue weighted by Crippen LogP contribution is -1.97. The summed E-state index contributed by atoms with van der Waals surface area (Å²) in [6.07, 6.45) is 3.65. The molecular weight excluding hydrogens is 486 g/mol. The molecule has 0 spiro atoms. The van der Waals surface area contributed by atoms with Gasteiger partial charge in [-0.05, 0) is 74.5 Å². The Labute approximate surface area is 232 Å². The van der Waals surface area contributed by atoms with Gasteiger partial charge in [0.25, 0.3) is 0 Å². The molecule has 40 heavy (non-hydrogen) atoms. The van der Waals surface area contributed by atoms with E-state index in [-0.39, 0.29) is 0 Å². The molecule has 0 N–H and O–H groups in total. The Balaban J connectivity index is 1.35. The molecule has 0 saturated heterocycles. The Kier molecular flexibility index (Phi) is 5.14. The van der Waals surface area contributed by atoms with Gasteiger partial charge in [0.05, 0.1) is 11.4 Å². The van der Waals surface area contributed by atoms with Crippen LogP contribution < -0.4 is 0 Å². The predicted molar refractivity (Wildman–Crippen MR) is 164 cm³/mol. The van der Waals surface area contributed by atoms with Crippen molar-refractivity contribution in [3.8, 4) is 67.3 Å². The number of pyridine rings is 1. The van der Waals surface area contributed by atoms with Crippen LogP contribution >= 0.6 is 0 Å². The van der Waals surface area contributed by atoms with Crippen LogP contribution in [0, 0.1) is 0 Å². The maximum Gasteiger partial charge on any atom is 0.161 e. The fraction of sp³-hybridized carbons (Fsp3) is 0.